The van der Waals surface area contributed by atoms with Gasteiger partial charge in [-0.15, -0.1) is 0 Å². The van der Waals surface area contributed by atoms with E-state index in [0.29, 0.717) is 0 Å². The van der Waals surface area contributed by atoms with Gasteiger partial charge < -0.3 is 25.3 Å². The van der Waals surface area contributed by atoms with Crippen LogP contribution in [0.2, 0.25) is 0 Å². The van der Waals surface area contributed by atoms with Gasteiger partial charge in [-0.2, -0.15) is 11.5 Å². The predicted octanol–water partition coefficient (Wildman–Crippen LogP) is 5.72. The molecule has 4 rings (SSSR count). The largest absolute Gasteiger partial charge is 2.00 e. The van der Waals surface area contributed by atoms with Crippen molar-refractivity contribution in [3.8, 4) is 0 Å². The Kier molecular flexibility index (Phi) is 14.9. The van der Waals surface area contributed by atoms with Crippen LogP contribution >= 0.6 is 15.8 Å². The summed E-state index contributed by atoms with van der Waals surface area (Å²) in [6.07, 6.45) is 3.43. The molecule has 0 amide bonds. The second-order valence-electron chi connectivity index (χ2n) is 7.41. The van der Waals surface area contributed by atoms with Gasteiger partial charge in [-0.1, -0.05) is 128 Å². The van der Waals surface area contributed by atoms with E-state index in [1.807, 2.05) is 0 Å². The fourth-order valence-electron chi connectivity index (χ4n) is 3.51. The van der Waals surface area contributed by atoms with Gasteiger partial charge in [0, 0.05) is 0 Å². The third kappa shape index (κ3) is 9.53. The van der Waals surface area contributed by atoms with Gasteiger partial charge in [0.1, 0.15) is 0 Å². The van der Waals surface area contributed by atoms with E-state index in [2.05, 4.69) is 147 Å². The van der Waals surface area contributed by atoms with Crippen LogP contribution in [0.4, 0.5) is 0 Å². The summed E-state index contributed by atoms with van der Waals surface area (Å²) in [6.45, 7) is 0. The number of hydrogen-bond donors (Lipinski definition) is 0. The smallest absolute Gasteiger partial charge is 0.793 e. The Bertz CT molecular complexity index is 855. The summed E-state index contributed by atoms with van der Waals surface area (Å²) in [5, 5.41) is 5.89. The molecule has 0 aromatic heterocycles. The van der Waals surface area contributed by atoms with Crippen LogP contribution in [-0.2, 0) is 41.7 Å². The summed E-state index contributed by atoms with van der Waals surface area (Å²) in [5.74, 6) is 1.65. The molecular weight excluding hydrogens is 533 g/mol. The molecule has 0 nitrogen and oxygen atoms in total. The Morgan fingerprint density at radius 2 is 0.647 bits per heavy atom. The van der Waals surface area contributed by atoms with Crippen LogP contribution in [0.5, 0.6) is 0 Å². The first-order chi connectivity index (χ1) is 16.3. The molecule has 0 N–H and O–H groups in total. The van der Waals surface area contributed by atoms with E-state index in [1.54, 1.807) is 0 Å². The maximum Gasteiger partial charge on any atom is 2.00 e. The normalized spacial score (nSPS) is 10.4. The van der Waals surface area contributed by atoms with Crippen LogP contribution in [0.25, 0.3) is 0 Å². The van der Waals surface area contributed by atoms with Gasteiger partial charge in [-0.05, 0) is 49.4 Å². The van der Waals surface area contributed by atoms with Crippen molar-refractivity contribution < 1.29 is 16.5 Å². The first-order valence-corrected chi connectivity index (χ1v) is 15.5. The van der Waals surface area contributed by atoms with Crippen molar-refractivity contribution >= 4 is 62.3 Å². The van der Waals surface area contributed by atoms with E-state index in [4.69, 9.17) is 0 Å². The minimum absolute atomic E-state index is 0. The third-order valence-corrected chi connectivity index (χ3v) is 11.1. The van der Waals surface area contributed by atoms with Gasteiger partial charge in [-0.3, -0.25) is 0 Å². The molecule has 0 aliphatic carbocycles. The molecule has 0 radical (unpaired) electrons. The molecule has 0 fully saturated rings. The van der Waals surface area contributed by atoms with E-state index < -0.39 is 0 Å². The summed E-state index contributed by atoms with van der Waals surface area (Å²) in [6, 6.07) is 44.2. The SMILES string of the molecule is [Ni+2].[S-]CCC[S-].c1ccc(P(CCP(c2ccccc2)c2ccccc2)c2ccccc2)cc1. The van der Waals surface area contributed by atoms with E-state index in [-0.39, 0.29) is 32.3 Å². The van der Waals surface area contributed by atoms with E-state index in [9.17, 15) is 0 Å². The first kappa shape index (κ1) is 29.2. The van der Waals surface area contributed by atoms with Crippen molar-refractivity contribution in [3.05, 3.63) is 121 Å². The molecule has 178 valence electrons. The Balaban J connectivity index is 0.000000619. The zero-order valence-corrected chi connectivity index (χ0v) is 23.5. The molecule has 0 atom stereocenters. The van der Waals surface area contributed by atoms with E-state index in [0.717, 1.165) is 17.9 Å². The van der Waals surface area contributed by atoms with Crippen LogP contribution in [0.15, 0.2) is 121 Å². The molecule has 0 heterocycles. The minimum atomic E-state index is -0.348. The molecule has 4 aromatic rings. The molecule has 0 aliphatic heterocycles. The monoisotopic (exact) mass is 562 g/mol. The van der Waals surface area contributed by atoms with Crippen LogP contribution in [-0.4, -0.2) is 23.8 Å². The van der Waals surface area contributed by atoms with Crippen molar-refractivity contribution in [1.29, 1.82) is 0 Å². The maximum absolute atomic E-state index is 4.58. The molecule has 5 heteroatoms. The second kappa shape index (κ2) is 17.4. The summed E-state index contributed by atoms with van der Waals surface area (Å²) < 4.78 is 0. The molecule has 0 aliphatic rings. The first-order valence-electron chi connectivity index (χ1n) is 11.2. The summed E-state index contributed by atoms with van der Waals surface area (Å²) in [7, 11) is -0.696. The van der Waals surface area contributed by atoms with Gasteiger partial charge in [0.05, 0.1) is 0 Å². The fourth-order valence-corrected chi connectivity index (χ4v) is 9.33. The Morgan fingerprint density at radius 1 is 0.412 bits per heavy atom. The summed E-state index contributed by atoms with van der Waals surface area (Å²) in [5.41, 5.74) is 0. The fraction of sp³-hybridized carbons (Fsp3) is 0.172. The predicted molar refractivity (Wildman–Crippen MR) is 157 cm³/mol. The average Bonchev–Trinajstić information content (AvgIpc) is 2.90. The molecule has 0 spiro atoms. The zero-order valence-electron chi connectivity index (χ0n) is 19.1. The molecule has 34 heavy (non-hydrogen) atoms. The third-order valence-electron chi connectivity index (χ3n) is 5.11. The van der Waals surface area contributed by atoms with Gasteiger partial charge >= 0.3 is 16.5 Å². The Labute approximate surface area is 229 Å². The number of rotatable bonds is 9. The molecule has 0 unspecified atom stereocenters. The van der Waals surface area contributed by atoms with Crippen molar-refractivity contribution in [3.63, 3.8) is 0 Å². The molecule has 4 aromatic carbocycles. The Morgan fingerprint density at radius 3 is 0.824 bits per heavy atom. The van der Waals surface area contributed by atoms with Crippen LogP contribution < -0.4 is 21.2 Å². The van der Waals surface area contributed by atoms with Crippen molar-refractivity contribution in [1.82, 2.24) is 0 Å². The van der Waals surface area contributed by atoms with Crippen molar-refractivity contribution in [2.24, 2.45) is 0 Å². The van der Waals surface area contributed by atoms with Crippen LogP contribution in [0, 0.1) is 0 Å². The van der Waals surface area contributed by atoms with Gasteiger partial charge in [0.25, 0.3) is 0 Å². The molecule has 0 saturated carbocycles. The topological polar surface area (TPSA) is 0 Å². The standard InChI is InChI=1S/C26H24P2.C3H8S2.Ni/c1-5-13-23(14-6-1)27(24-15-7-2-8-16-24)21-22-28(25-17-9-3-10-18-25)26-19-11-4-12-20-26;4-2-1-3-5;/h1-20H,21-22H2;4-5H,1-3H2;/q;;+2/p-2. The van der Waals surface area contributed by atoms with E-state index >= 15 is 0 Å². The molecule has 0 bridgehead atoms. The quantitative estimate of drug-likeness (QED) is 0.145. The summed E-state index contributed by atoms with van der Waals surface area (Å²) in [4.78, 5) is 0. The van der Waals surface area contributed by atoms with Crippen LogP contribution in [0.3, 0.4) is 0 Å². The Hall–Kier alpha value is -1.07. The van der Waals surface area contributed by atoms with Gasteiger partial charge in [-0.25, -0.2) is 0 Å². The van der Waals surface area contributed by atoms with Crippen molar-refractivity contribution in [2.75, 3.05) is 23.8 Å². The molecule has 0 saturated heterocycles. The van der Waals surface area contributed by atoms with Gasteiger partial charge in [0.2, 0.25) is 0 Å². The van der Waals surface area contributed by atoms with Gasteiger partial charge in [0.15, 0.2) is 0 Å². The second-order valence-corrected chi connectivity index (χ2v) is 12.9. The maximum atomic E-state index is 4.58. The molecular formula is C29H30NiP2S2. The van der Waals surface area contributed by atoms with Crippen LogP contribution in [0.1, 0.15) is 6.42 Å². The minimum Gasteiger partial charge on any atom is -0.793 e. The van der Waals surface area contributed by atoms with E-state index in [1.165, 1.54) is 33.5 Å². The summed E-state index contributed by atoms with van der Waals surface area (Å²) >= 11 is 9.17. The zero-order chi connectivity index (χ0) is 23.1. The average molecular weight is 563 g/mol. The number of benzene rings is 4. The van der Waals surface area contributed by atoms with Crippen molar-refractivity contribution in [2.45, 2.75) is 6.42 Å². The number of hydrogen-bond acceptors (Lipinski definition) is 2.